The van der Waals surface area contributed by atoms with Crippen molar-refractivity contribution < 1.29 is 8.42 Å². The summed E-state index contributed by atoms with van der Waals surface area (Å²) in [7, 11) is -3.20. The second-order valence-corrected chi connectivity index (χ2v) is 7.21. The molecular weight excluding hydrogens is 234 g/mol. The Hall–Kier alpha value is -0.870. The maximum Gasteiger partial charge on any atom is 0.181 e. The van der Waals surface area contributed by atoms with E-state index in [9.17, 15) is 8.42 Å². The van der Waals surface area contributed by atoms with Crippen molar-refractivity contribution in [1.82, 2.24) is 5.32 Å². The molecule has 1 N–H and O–H groups in total. The van der Waals surface area contributed by atoms with Crippen LogP contribution in [0.5, 0.6) is 0 Å². The molecule has 0 radical (unpaired) electrons. The molecule has 1 aromatic carbocycles. The Morgan fingerprint density at radius 3 is 2.24 bits per heavy atom. The molecule has 0 atom stereocenters. The van der Waals surface area contributed by atoms with Gasteiger partial charge >= 0.3 is 0 Å². The molecule has 0 amide bonds. The molecule has 0 aromatic heterocycles. The first-order valence-corrected chi connectivity index (χ1v) is 7.45. The van der Waals surface area contributed by atoms with Gasteiger partial charge in [0.2, 0.25) is 0 Å². The maximum atomic E-state index is 12.2. The van der Waals surface area contributed by atoms with Crippen LogP contribution in [0.25, 0.3) is 0 Å². The van der Waals surface area contributed by atoms with Crippen LogP contribution < -0.4 is 5.32 Å². The average Bonchev–Trinajstić information content (AvgIpc) is 2.26. The highest BCUT2D eigenvalue weighted by Crippen LogP contribution is 2.20. The van der Waals surface area contributed by atoms with E-state index in [4.69, 9.17) is 0 Å². The van der Waals surface area contributed by atoms with Crippen molar-refractivity contribution in [2.24, 2.45) is 0 Å². The fourth-order valence-electron chi connectivity index (χ4n) is 1.50. The van der Waals surface area contributed by atoms with Crippen LogP contribution in [0.4, 0.5) is 0 Å². The molecule has 0 aliphatic rings. The van der Waals surface area contributed by atoms with Crippen molar-refractivity contribution in [3.05, 3.63) is 29.8 Å². The van der Waals surface area contributed by atoms with E-state index in [0.717, 1.165) is 5.56 Å². The number of benzene rings is 1. The van der Waals surface area contributed by atoms with E-state index >= 15 is 0 Å². The molecule has 0 bridgehead atoms. The van der Waals surface area contributed by atoms with Gasteiger partial charge in [-0.05, 0) is 25.5 Å². The summed E-state index contributed by atoms with van der Waals surface area (Å²) >= 11 is 0. The molecule has 0 spiro atoms. The van der Waals surface area contributed by atoms with Crippen LogP contribution in [-0.4, -0.2) is 19.7 Å². The van der Waals surface area contributed by atoms with E-state index in [-0.39, 0.29) is 5.25 Å². The molecule has 3 nitrogen and oxygen atoms in total. The van der Waals surface area contributed by atoms with Crippen LogP contribution in [0.3, 0.4) is 0 Å². The van der Waals surface area contributed by atoms with Crippen molar-refractivity contribution in [2.45, 2.75) is 50.4 Å². The van der Waals surface area contributed by atoms with Crippen LogP contribution in [0.2, 0.25) is 0 Å². The van der Waals surface area contributed by atoms with Gasteiger partial charge in [-0.1, -0.05) is 32.0 Å². The fraction of sp³-hybridized carbons (Fsp3) is 0.538. The molecule has 0 aliphatic carbocycles. The van der Waals surface area contributed by atoms with Gasteiger partial charge in [0.05, 0.1) is 10.1 Å². The first-order chi connectivity index (χ1) is 7.85. The highest BCUT2D eigenvalue weighted by molar-refractivity contribution is 7.92. The largest absolute Gasteiger partial charge is 0.310 e. The summed E-state index contributed by atoms with van der Waals surface area (Å²) in [6, 6.07) is 7.53. The number of hydrogen-bond donors (Lipinski definition) is 1. The van der Waals surface area contributed by atoms with E-state index in [2.05, 4.69) is 5.32 Å². The van der Waals surface area contributed by atoms with Crippen molar-refractivity contribution in [3.8, 4) is 0 Å². The zero-order valence-electron chi connectivity index (χ0n) is 10.9. The monoisotopic (exact) mass is 255 g/mol. The van der Waals surface area contributed by atoms with Gasteiger partial charge in [0.15, 0.2) is 9.84 Å². The standard InChI is InChI=1S/C13H21NO2S/c1-10(2)14-9-12-7-5-6-8-13(12)17(15,16)11(3)4/h5-8,10-11,14H,9H2,1-4H3. The zero-order chi connectivity index (χ0) is 13.1. The molecule has 17 heavy (non-hydrogen) atoms. The number of hydrogen-bond acceptors (Lipinski definition) is 3. The smallest absolute Gasteiger partial charge is 0.181 e. The Kier molecular flexibility index (Phi) is 4.71. The van der Waals surface area contributed by atoms with Crippen LogP contribution in [0.1, 0.15) is 33.3 Å². The van der Waals surface area contributed by atoms with E-state index < -0.39 is 9.84 Å². The van der Waals surface area contributed by atoms with Crippen LogP contribution >= 0.6 is 0 Å². The van der Waals surface area contributed by atoms with Gasteiger partial charge < -0.3 is 5.32 Å². The molecular formula is C13H21NO2S. The minimum Gasteiger partial charge on any atom is -0.310 e. The highest BCUT2D eigenvalue weighted by atomic mass is 32.2. The van der Waals surface area contributed by atoms with E-state index in [1.807, 2.05) is 26.0 Å². The summed E-state index contributed by atoms with van der Waals surface area (Å²) in [4.78, 5) is 0.447. The normalized spacial score (nSPS) is 12.4. The molecule has 4 heteroatoms. The minimum absolute atomic E-state index is 0.338. The predicted octanol–water partition coefficient (Wildman–Crippen LogP) is 2.37. The van der Waals surface area contributed by atoms with Crippen molar-refractivity contribution in [2.75, 3.05) is 0 Å². The molecule has 0 aliphatic heterocycles. The molecule has 0 fully saturated rings. The lowest BCUT2D eigenvalue weighted by molar-refractivity contribution is 0.571. The molecule has 0 saturated heterocycles. The first kappa shape index (κ1) is 14.2. The van der Waals surface area contributed by atoms with Gasteiger partial charge in [0, 0.05) is 12.6 Å². The van der Waals surface area contributed by atoms with Crippen molar-refractivity contribution >= 4 is 9.84 Å². The van der Waals surface area contributed by atoms with E-state index in [0.29, 0.717) is 17.5 Å². The molecule has 0 saturated carbocycles. The minimum atomic E-state index is -3.20. The highest BCUT2D eigenvalue weighted by Gasteiger charge is 2.21. The lowest BCUT2D eigenvalue weighted by Crippen LogP contribution is -2.24. The van der Waals surface area contributed by atoms with Crippen molar-refractivity contribution in [1.29, 1.82) is 0 Å². The SMILES string of the molecule is CC(C)NCc1ccccc1S(=O)(=O)C(C)C. The molecule has 1 rings (SSSR count). The number of nitrogens with one attached hydrogen (secondary N) is 1. The summed E-state index contributed by atoms with van der Waals surface area (Å²) < 4.78 is 24.3. The van der Waals surface area contributed by atoms with Crippen molar-refractivity contribution in [3.63, 3.8) is 0 Å². The van der Waals surface area contributed by atoms with Gasteiger partial charge in [-0.2, -0.15) is 0 Å². The third-order valence-electron chi connectivity index (χ3n) is 2.60. The Morgan fingerprint density at radius 1 is 1.12 bits per heavy atom. The summed E-state index contributed by atoms with van der Waals surface area (Å²) in [5.74, 6) is 0. The topological polar surface area (TPSA) is 46.2 Å². The van der Waals surface area contributed by atoms with Crippen LogP contribution in [0, 0.1) is 0 Å². The van der Waals surface area contributed by atoms with Crippen LogP contribution in [-0.2, 0) is 16.4 Å². The molecule has 0 heterocycles. The second-order valence-electron chi connectivity index (χ2n) is 4.74. The van der Waals surface area contributed by atoms with Gasteiger partial charge in [-0.15, -0.1) is 0 Å². The van der Waals surface area contributed by atoms with Gasteiger partial charge in [-0.3, -0.25) is 0 Å². The summed E-state index contributed by atoms with van der Waals surface area (Å²) in [5, 5.41) is 2.86. The third kappa shape index (κ3) is 3.54. The zero-order valence-corrected chi connectivity index (χ0v) is 11.7. The molecule has 96 valence electrons. The summed E-state index contributed by atoms with van der Waals surface area (Å²) in [6.07, 6.45) is 0. The molecule has 1 aromatic rings. The van der Waals surface area contributed by atoms with Crippen LogP contribution in [0.15, 0.2) is 29.2 Å². The predicted molar refractivity (Wildman–Crippen MR) is 70.7 cm³/mol. The quantitative estimate of drug-likeness (QED) is 0.878. The Balaban J connectivity index is 3.08. The van der Waals surface area contributed by atoms with Gasteiger partial charge in [-0.25, -0.2) is 8.42 Å². The fourth-order valence-corrected chi connectivity index (χ4v) is 2.78. The maximum absolute atomic E-state index is 12.2. The number of rotatable bonds is 5. The lowest BCUT2D eigenvalue weighted by Gasteiger charge is -2.14. The second kappa shape index (κ2) is 5.65. The Morgan fingerprint density at radius 2 is 1.71 bits per heavy atom. The first-order valence-electron chi connectivity index (χ1n) is 5.91. The Bertz CT molecular complexity index is 464. The third-order valence-corrected chi connectivity index (χ3v) is 4.85. The van der Waals surface area contributed by atoms with Gasteiger partial charge in [0.1, 0.15) is 0 Å². The van der Waals surface area contributed by atoms with E-state index in [1.54, 1.807) is 26.0 Å². The molecule has 0 unspecified atom stereocenters. The lowest BCUT2D eigenvalue weighted by atomic mass is 10.2. The summed E-state index contributed by atoms with van der Waals surface area (Å²) in [5.41, 5.74) is 0.843. The van der Waals surface area contributed by atoms with E-state index in [1.165, 1.54) is 0 Å². The van der Waals surface area contributed by atoms with Gasteiger partial charge in [0.25, 0.3) is 0 Å². The summed E-state index contributed by atoms with van der Waals surface area (Å²) in [6.45, 7) is 8.09. The average molecular weight is 255 g/mol. The number of sulfone groups is 1. The Labute approximate surface area is 104 Å².